The molecule has 0 spiro atoms. The summed E-state index contributed by atoms with van der Waals surface area (Å²) in [7, 11) is 0. The summed E-state index contributed by atoms with van der Waals surface area (Å²) in [4.78, 5) is 25.1. The van der Waals surface area contributed by atoms with Gasteiger partial charge in [0.05, 0.1) is 11.4 Å². The largest absolute Gasteiger partial charge is 0.454 e. The van der Waals surface area contributed by atoms with Crippen LogP contribution in [0.2, 0.25) is 5.02 Å². The molecule has 3 aromatic carbocycles. The van der Waals surface area contributed by atoms with Gasteiger partial charge in [0.1, 0.15) is 0 Å². The van der Waals surface area contributed by atoms with Gasteiger partial charge in [-0.25, -0.2) is 0 Å². The van der Waals surface area contributed by atoms with Crippen LogP contribution < -0.4 is 20.1 Å². The van der Waals surface area contributed by atoms with Crippen LogP contribution in [0.4, 0.5) is 11.4 Å². The molecule has 28 heavy (non-hydrogen) atoms. The van der Waals surface area contributed by atoms with Crippen molar-refractivity contribution in [3.8, 4) is 11.5 Å². The maximum Gasteiger partial charge on any atom is 0.255 e. The summed E-state index contributed by atoms with van der Waals surface area (Å²) in [6, 6.07) is 18.5. The molecule has 0 fully saturated rings. The van der Waals surface area contributed by atoms with Gasteiger partial charge in [-0.1, -0.05) is 23.7 Å². The number of ether oxygens (including phenoxy) is 2. The van der Waals surface area contributed by atoms with Gasteiger partial charge in [-0.05, 0) is 54.6 Å². The fourth-order valence-electron chi connectivity index (χ4n) is 2.73. The van der Waals surface area contributed by atoms with Crippen molar-refractivity contribution in [2.75, 3.05) is 17.4 Å². The summed E-state index contributed by atoms with van der Waals surface area (Å²) < 4.78 is 10.6. The highest BCUT2D eigenvalue weighted by Crippen LogP contribution is 2.33. The summed E-state index contributed by atoms with van der Waals surface area (Å²) in [6.45, 7) is 0.139. The number of hydrogen-bond donors (Lipinski definition) is 2. The highest BCUT2D eigenvalue weighted by Gasteiger charge is 2.17. The van der Waals surface area contributed by atoms with Gasteiger partial charge >= 0.3 is 0 Å². The molecule has 0 aliphatic carbocycles. The molecule has 2 N–H and O–H groups in total. The molecule has 0 aromatic heterocycles. The fraction of sp³-hybridized carbons (Fsp3) is 0.0476. The number of carbonyl (C=O) groups is 2. The zero-order valence-electron chi connectivity index (χ0n) is 14.6. The topological polar surface area (TPSA) is 76.7 Å². The van der Waals surface area contributed by atoms with Crippen molar-refractivity contribution < 1.29 is 19.1 Å². The van der Waals surface area contributed by atoms with E-state index in [1.165, 1.54) is 0 Å². The van der Waals surface area contributed by atoms with Gasteiger partial charge in [-0.2, -0.15) is 0 Å². The van der Waals surface area contributed by atoms with Gasteiger partial charge in [0, 0.05) is 16.1 Å². The van der Waals surface area contributed by atoms with Gasteiger partial charge in [0.15, 0.2) is 11.5 Å². The summed E-state index contributed by atoms with van der Waals surface area (Å²) in [6.07, 6.45) is 0. The predicted octanol–water partition coefficient (Wildman–Crippen LogP) is 4.57. The fourth-order valence-corrected chi connectivity index (χ4v) is 2.86. The van der Waals surface area contributed by atoms with Gasteiger partial charge in [0.25, 0.3) is 11.8 Å². The molecule has 3 aromatic rings. The predicted molar refractivity (Wildman–Crippen MR) is 106 cm³/mol. The molecule has 0 atom stereocenters. The van der Waals surface area contributed by atoms with E-state index < -0.39 is 0 Å². The summed E-state index contributed by atoms with van der Waals surface area (Å²) in [5.74, 6) is 0.497. The third-order valence-electron chi connectivity index (χ3n) is 4.16. The maximum absolute atomic E-state index is 12.6. The van der Waals surface area contributed by atoms with Gasteiger partial charge in [0.2, 0.25) is 6.79 Å². The number of fused-ring (bicyclic) bond motifs is 1. The monoisotopic (exact) mass is 394 g/mol. The zero-order chi connectivity index (χ0) is 19.5. The Hall–Kier alpha value is -3.51. The number of benzene rings is 3. The molecule has 1 heterocycles. The molecule has 0 radical (unpaired) electrons. The van der Waals surface area contributed by atoms with E-state index in [9.17, 15) is 9.59 Å². The van der Waals surface area contributed by atoms with E-state index in [-0.39, 0.29) is 18.6 Å². The first kappa shape index (κ1) is 17.9. The van der Waals surface area contributed by atoms with Crippen molar-refractivity contribution in [3.05, 3.63) is 82.9 Å². The first-order chi connectivity index (χ1) is 13.6. The van der Waals surface area contributed by atoms with Gasteiger partial charge < -0.3 is 20.1 Å². The zero-order valence-corrected chi connectivity index (χ0v) is 15.3. The molecular weight excluding hydrogens is 380 g/mol. The Kier molecular flexibility index (Phi) is 4.87. The number of nitrogens with one attached hydrogen (secondary N) is 2. The van der Waals surface area contributed by atoms with Crippen molar-refractivity contribution in [1.82, 2.24) is 0 Å². The Morgan fingerprint density at radius 3 is 2.00 bits per heavy atom. The molecule has 1 aliphatic heterocycles. The number of amides is 2. The van der Waals surface area contributed by atoms with E-state index in [4.69, 9.17) is 21.1 Å². The van der Waals surface area contributed by atoms with E-state index in [0.717, 1.165) is 0 Å². The SMILES string of the molecule is O=C(Nc1ccccc1NC(=O)c1ccc2c(c1)OCO2)c1ccc(Cl)cc1. The van der Waals surface area contributed by atoms with Crippen molar-refractivity contribution in [1.29, 1.82) is 0 Å². The van der Waals surface area contributed by atoms with Crippen molar-refractivity contribution >= 4 is 34.8 Å². The Labute approximate surface area is 166 Å². The van der Waals surface area contributed by atoms with Crippen LogP contribution in [0.3, 0.4) is 0 Å². The number of hydrogen-bond acceptors (Lipinski definition) is 4. The second-order valence-electron chi connectivity index (χ2n) is 6.03. The molecular formula is C21H15ClN2O4. The highest BCUT2D eigenvalue weighted by atomic mass is 35.5. The van der Waals surface area contributed by atoms with E-state index in [1.807, 2.05) is 0 Å². The van der Waals surface area contributed by atoms with Crippen molar-refractivity contribution in [3.63, 3.8) is 0 Å². The Morgan fingerprint density at radius 1 is 0.750 bits per heavy atom. The normalized spacial score (nSPS) is 11.8. The second-order valence-corrected chi connectivity index (χ2v) is 6.47. The first-order valence-corrected chi connectivity index (χ1v) is 8.85. The standard InChI is InChI=1S/C21H15ClN2O4/c22-15-8-5-13(6-9-15)20(25)23-16-3-1-2-4-17(16)24-21(26)14-7-10-18-19(11-14)28-12-27-18/h1-11H,12H2,(H,23,25)(H,24,26). The van der Waals surface area contributed by atoms with E-state index in [2.05, 4.69) is 10.6 Å². The van der Waals surface area contributed by atoms with Gasteiger partial charge in [-0.15, -0.1) is 0 Å². The quantitative estimate of drug-likeness (QED) is 0.679. The molecule has 2 amide bonds. The maximum atomic E-state index is 12.6. The highest BCUT2D eigenvalue weighted by molar-refractivity contribution is 6.30. The van der Waals surface area contributed by atoms with Crippen LogP contribution in [0.15, 0.2) is 66.7 Å². The van der Waals surface area contributed by atoms with Crippen LogP contribution >= 0.6 is 11.6 Å². The Balaban J connectivity index is 1.52. The first-order valence-electron chi connectivity index (χ1n) is 8.47. The van der Waals surface area contributed by atoms with Crippen LogP contribution in [-0.4, -0.2) is 18.6 Å². The Bertz CT molecular complexity index is 1050. The molecule has 1 aliphatic rings. The number of carbonyl (C=O) groups excluding carboxylic acids is 2. The van der Waals surface area contributed by atoms with Crippen LogP contribution in [0, 0.1) is 0 Å². The minimum absolute atomic E-state index is 0.139. The second kappa shape index (κ2) is 7.62. The summed E-state index contributed by atoms with van der Waals surface area (Å²) in [5, 5.41) is 6.17. The lowest BCUT2D eigenvalue weighted by atomic mass is 10.1. The number of rotatable bonds is 4. The number of para-hydroxylation sites is 2. The average Bonchev–Trinajstić information content (AvgIpc) is 3.17. The Morgan fingerprint density at radius 2 is 1.32 bits per heavy atom. The molecule has 6 nitrogen and oxygen atoms in total. The minimum atomic E-state index is -0.327. The number of halogens is 1. The van der Waals surface area contributed by atoms with Crippen LogP contribution in [0.5, 0.6) is 11.5 Å². The molecule has 0 unspecified atom stereocenters. The van der Waals surface area contributed by atoms with E-state index in [1.54, 1.807) is 66.7 Å². The van der Waals surface area contributed by atoms with E-state index >= 15 is 0 Å². The molecule has 7 heteroatoms. The lowest BCUT2D eigenvalue weighted by Crippen LogP contribution is -2.16. The smallest absolute Gasteiger partial charge is 0.255 e. The lowest BCUT2D eigenvalue weighted by molar-refractivity contribution is 0.101. The molecule has 0 saturated carbocycles. The average molecular weight is 395 g/mol. The van der Waals surface area contributed by atoms with Crippen LogP contribution in [0.25, 0.3) is 0 Å². The molecule has 140 valence electrons. The van der Waals surface area contributed by atoms with Crippen molar-refractivity contribution in [2.45, 2.75) is 0 Å². The van der Waals surface area contributed by atoms with Gasteiger partial charge in [-0.3, -0.25) is 9.59 Å². The lowest BCUT2D eigenvalue weighted by Gasteiger charge is -2.12. The number of anilines is 2. The van der Waals surface area contributed by atoms with Crippen LogP contribution in [0.1, 0.15) is 20.7 Å². The molecule has 4 rings (SSSR count). The minimum Gasteiger partial charge on any atom is -0.454 e. The molecule has 0 saturated heterocycles. The summed E-state index contributed by atoms with van der Waals surface area (Å²) in [5.41, 5.74) is 1.84. The van der Waals surface area contributed by atoms with Crippen LogP contribution in [-0.2, 0) is 0 Å². The third-order valence-corrected chi connectivity index (χ3v) is 4.42. The van der Waals surface area contributed by atoms with E-state index in [0.29, 0.717) is 39.0 Å². The molecule has 0 bridgehead atoms. The summed E-state index contributed by atoms with van der Waals surface area (Å²) >= 11 is 5.86. The van der Waals surface area contributed by atoms with Crippen molar-refractivity contribution in [2.24, 2.45) is 0 Å². The third kappa shape index (κ3) is 3.77.